The number of aliphatic carboxylic acids is 1. The zero-order chi connectivity index (χ0) is 24.5. The van der Waals surface area contributed by atoms with E-state index in [1.807, 2.05) is 50.2 Å². The summed E-state index contributed by atoms with van der Waals surface area (Å²) in [5.74, 6) is -1.72. The molecule has 1 saturated carbocycles. The Morgan fingerprint density at radius 1 is 1.03 bits per heavy atom. The summed E-state index contributed by atoms with van der Waals surface area (Å²) < 4.78 is 5.61. The molecule has 180 valence electrons. The molecule has 0 heterocycles. The number of carbonyl (C=O) groups is 3. The maximum atomic E-state index is 13.3. The molecule has 0 unspecified atom stereocenters. The van der Waals surface area contributed by atoms with Crippen molar-refractivity contribution < 1.29 is 24.2 Å². The van der Waals surface area contributed by atoms with E-state index in [4.69, 9.17) is 4.74 Å². The van der Waals surface area contributed by atoms with Crippen molar-refractivity contribution in [3.05, 3.63) is 59.7 Å². The van der Waals surface area contributed by atoms with Gasteiger partial charge < -0.3 is 20.1 Å². The molecule has 2 amide bonds. The van der Waals surface area contributed by atoms with E-state index in [-0.39, 0.29) is 18.4 Å². The van der Waals surface area contributed by atoms with Gasteiger partial charge in [0.05, 0.1) is 0 Å². The molecule has 0 aromatic heterocycles. The largest absolute Gasteiger partial charge is 0.479 e. The molecule has 2 aromatic rings. The van der Waals surface area contributed by atoms with E-state index in [1.54, 1.807) is 0 Å². The highest BCUT2D eigenvalue weighted by molar-refractivity contribution is 5.91. The summed E-state index contributed by atoms with van der Waals surface area (Å²) >= 11 is 0. The lowest BCUT2D eigenvalue weighted by Gasteiger charge is -2.37. The second-order valence-corrected chi connectivity index (χ2v) is 9.63. The van der Waals surface area contributed by atoms with Crippen LogP contribution < -0.4 is 5.32 Å². The third-order valence-corrected chi connectivity index (χ3v) is 7.35. The van der Waals surface area contributed by atoms with Gasteiger partial charge in [-0.15, -0.1) is 0 Å². The number of nitrogens with one attached hydrogen (secondary N) is 1. The van der Waals surface area contributed by atoms with Crippen LogP contribution in [0.25, 0.3) is 11.1 Å². The SMILES string of the molecule is CC(C)[C@@H](NC(=O)OCC1c2ccccc2-c2ccccc21)C(=O)N(C)C1(C(=O)O)CCCC1. The highest BCUT2D eigenvalue weighted by Crippen LogP contribution is 2.44. The van der Waals surface area contributed by atoms with Crippen molar-refractivity contribution in [1.29, 1.82) is 0 Å². The number of carbonyl (C=O) groups excluding carboxylic acids is 2. The Hall–Kier alpha value is -3.35. The minimum Gasteiger partial charge on any atom is -0.479 e. The second-order valence-electron chi connectivity index (χ2n) is 9.63. The Bertz CT molecular complexity index is 1040. The third-order valence-electron chi connectivity index (χ3n) is 7.35. The van der Waals surface area contributed by atoms with E-state index >= 15 is 0 Å². The standard InChI is InChI=1S/C27H32N2O5/c1-17(2)23(24(30)29(3)27(25(31)32)14-8-9-15-27)28-26(33)34-16-22-20-12-6-4-10-18(20)19-11-5-7-13-21(19)22/h4-7,10-13,17,22-23H,8-9,14-16H2,1-3H3,(H,28,33)(H,31,32)/t23-/m1/s1. The number of hydrogen-bond donors (Lipinski definition) is 2. The van der Waals surface area contributed by atoms with Gasteiger partial charge in [-0.1, -0.05) is 75.2 Å². The quantitative estimate of drug-likeness (QED) is 0.633. The summed E-state index contributed by atoms with van der Waals surface area (Å²) in [6.45, 7) is 3.79. The average molecular weight is 465 g/mol. The van der Waals surface area contributed by atoms with Crippen LogP contribution in [0.1, 0.15) is 56.6 Å². The first-order valence-corrected chi connectivity index (χ1v) is 11.9. The molecule has 0 bridgehead atoms. The first kappa shape index (κ1) is 23.8. The van der Waals surface area contributed by atoms with Gasteiger partial charge in [0, 0.05) is 13.0 Å². The van der Waals surface area contributed by atoms with Crippen LogP contribution in [-0.2, 0) is 14.3 Å². The maximum absolute atomic E-state index is 13.3. The molecule has 1 fully saturated rings. The number of amides is 2. The molecule has 0 aliphatic heterocycles. The minimum atomic E-state index is -1.22. The normalized spacial score (nSPS) is 17.1. The Kier molecular flexibility index (Phi) is 6.64. The van der Waals surface area contributed by atoms with Crippen LogP contribution in [0.4, 0.5) is 4.79 Å². The van der Waals surface area contributed by atoms with Crippen molar-refractivity contribution in [2.75, 3.05) is 13.7 Å². The number of ether oxygens (including phenoxy) is 1. The zero-order valence-corrected chi connectivity index (χ0v) is 19.9. The fourth-order valence-corrected chi connectivity index (χ4v) is 5.35. The summed E-state index contributed by atoms with van der Waals surface area (Å²) in [5.41, 5.74) is 3.28. The predicted molar refractivity (Wildman–Crippen MR) is 128 cm³/mol. The van der Waals surface area contributed by atoms with Crippen LogP contribution in [0, 0.1) is 5.92 Å². The van der Waals surface area contributed by atoms with Crippen LogP contribution in [0.3, 0.4) is 0 Å². The first-order chi connectivity index (χ1) is 16.3. The molecule has 7 heteroatoms. The van der Waals surface area contributed by atoms with Gasteiger partial charge in [0.15, 0.2) is 0 Å². The van der Waals surface area contributed by atoms with Gasteiger partial charge in [0.25, 0.3) is 0 Å². The molecule has 0 spiro atoms. The lowest BCUT2D eigenvalue weighted by Crippen LogP contribution is -2.59. The predicted octanol–water partition coefficient (Wildman–Crippen LogP) is 4.41. The highest BCUT2D eigenvalue weighted by Gasteiger charge is 2.48. The molecule has 0 saturated heterocycles. The summed E-state index contributed by atoms with van der Waals surface area (Å²) in [7, 11) is 1.52. The van der Waals surface area contributed by atoms with Crippen molar-refractivity contribution in [2.24, 2.45) is 5.92 Å². The summed E-state index contributed by atoms with van der Waals surface area (Å²) in [6.07, 6.45) is 1.67. The topological polar surface area (TPSA) is 95.9 Å². The molecule has 2 N–H and O–H groups in total. The number of rotatable bonds is 7. The lowest BCUT2D eigenvalue weighted by molar-refractivity contribution is -0.158. The highest BCUT2D eigenvalue weighted by atomic mass is 16.5. The minimum absolute atomic E-state index is 0.0807. The van der Waals surface area contributed by atoms with Gasteiger partial charge in [-0.05, 0) is 41.0 Å². The average Bonchev–Trinajstić information content (AvgIpc) is 3.44. The zero-order valence-electron chi connectivity index (χ0n) is 19.9. The van der Waals surface area contributed by atoms with Crippen molar-refractivity contribution in [3.8, 4) is 11.1 Å². The van der Waals surface area contributed by atoms with Crippen molar-refractivity contribution >= 4 is 18.0 Å². The monoisotopic (exact) mass is 464 g/mol. The van der Waals surface area contributed by atoms with Crippen LogP contribution in [0.15, 0.2) is 48.5 Å². The van der Waals surface area contributed by atoms with E-state index < -0.39 is 29.6 Å². The molecule has 0 radical (unpaired) electrons. The van der Waals surface area contributed by atoms with Gasteiger partial charge in [-0.2, -0.15) is 0 Å². The Labute approximate surface area is 200 Å². The molecular formula is C27H32N2O5. The smallest absolute Gasteiger partial charge is 0.407 e. The number of carboxylic acid groups (broad SMARTS) is 1. The molecule has 2 aliphatic rings. The Morgan fingerprint density at radius 3 is 2.06 bits per heavy atom. The van der Waals surface area contributed by atoms with Crippen LogP contribution in [-0.4, -0.2) is 53.2 Å². The fraction of sp³-hybridized carbons (Fsp3) is 0.444. The number of nitrogens with zero attached hydrogens (tertiary/aromatic N) is 1. The van der Waals surface area contributed by atoms with Crippen molar-refractivity contribution in [1.82, 2.24) is 10.2 Å². The Morgan fingerprint density at radius 2 is 1.56 bits per heavy atom. The van der Waals surface area contributed by atoms with Gasteiger partial charge in [-0.3, -0.25) is 4.79 Å². The molecule has 2 aliphatic carbocycles. The number of hydrogen-bond acceptors (Lipinski definition) is 4. The van der Waals surface area contributed by atoms with Gasteiger partial charge in [-0.25, -0.2) is 9.59 Å². The van der Waals surface area contributed by atoms with E-state index in [9.17, 15) is 19.5 Å². The summed E-state index contributed by atoms with van der Waals surface area (Å²) in [6, 6.07) is 15.3. The molecule has 2 aromatic carbocycles. The van der Waals surface area contributed by atoms with E-state index in [2.05, 4.69) is 17.4 Å². The number of alkyl carbamates (subject to hydrolysis) is 1. The van der Waals surface area contributed by atoms with Crippen molar-refractivity contribution in [3.63, 3.8) is 0 Å². The van der Waals surface area contributed by atoms with E-state index in [1.165, 1.54) is 11.9 Å². The number of benzene rings is 2. The molecule has 1 atom stereocenters. The van der Waals surface area contributed by atoms with E-state index in [0.29, 0.717) is 12.8 Å². The summed E-state index contributed by atoms with van der Waals surface area (Å²) in [4.78, 5) is 39.4. The number of carboxylic acids is 1. The van der Waals surface area contributed by atoms with Gasteiger partial charge in [0.2, 0.25) is 5.91 Å². The van der Waals surface area contributed by atoms with Gasteiger partial charge >= 0.3 is 12.1 Å². The molecule has 34 heavy (non-hydrogen) atoms. The lowest BCUT2D eigenvalue weighted by atomic mass is 9.93. The van der Waals surface area contributed by atoms with Crippen LogP contribution in [0.2, 0.25) is 0 Å². The van der Waals surface area contributed by atoms with E-state index in [0.717, 1.165) is 35.1 Å². The number of likely N-dealkylation sites (N-methyl/N-ethyl adjacent to an activating group) is 1. The molecule has 7 nitrogen and oxygen atoms in total. The second kappa shape index (κ2) is 9.49. The third kappa shape index (κ3) is 4.15. The maximum Gasteiger partial charge on any atom is 0.407 e. The first-order valence-electron chi connectivity index (χ1n) is 11.9. The van der Waals surface area contributed by atoms with Crippen LogP contribution in [0.5, 0.6) is 0 Å². The van der Waals surface area contributed by atoms with Gasteiger partial charge in [0.1, 0.15) is 18.2 Å². The molecular weight excluding hydrogens is 432 g/mol. The van der Waals surface area contributed by atoms with Crippen molar-refractivity contribution in [2.45, 2.75) is 57.0 Å². The molecule has 4 rings (SSSR count). The number of fused-ring (bicyclic) bond motifs is 3. The summed E-state index contributed by atoms with van der Waals surface area (Å²) in [5, 5.41) is 12.5. The fourth-order valence-electron chi connectivity index (χ4n) is 5.35. The van der Waals surface area contributed by atoms with Crippen LogP contribution >= 0.6 is 0 Å². The Balaban J connectivity index is 1.45.